The fourth-order valence-electron chi connectivity index (χ4n) is 4.70. The fourth-order valence-corrected chi connectivity index (χ4v) is 4.70. The van der Waals surface area contributed by atoms with E-state index in [2.05, 4.69) is 20.8 Å². The van der Waals surface area contributed by atoms with Gasteiger partial charge in [0.2, 0.25) is 0 Å². The molecule has 0 aliphatic rings. The molecule has 0 amide bonds. The van der Waals surface area contributed by atoms with Gasteiger partial charge in [0.25, 0.3) is 0 Å². The largest absolute Gasteiger partial charge is 0.507 e. The molecule has 0 aliphatic heterocycles. The van der Waals surface area contributed by atoms with Crippen molar-refractivity contribution < 1.29 is 19.8 Å². The van der Waals surface area contributed by atoms with Gasteiger partial charge in [-0.1, -0.05) is 95.2 Å². The molecule has 1 aromatic carbocycles. The Hall–Kier alpha value is -1.84. The molecule has 0 fully saturated rings. The zero-order chi connectivity index (χ0) is 25.7. The maximum absolute atomic E-state index is 14.1. The highest BCUT2D eigenvalue weighted by Gasteiger charge is 2.54. The Morgan fingerprint density at radius 3 is 1.44 bits per heavy atom. The number of phenolic OH excluding ortho intramolecular Hbond substituents is 1. The van der Waals surface area contributed by atoms with Crippen molar-refractivity contribution in [2.24, 2.45) is 16.7 Å². The normalized spacial score (nSPS) is 16.4. The lowest BCUT2D eigenvalue weighted by atomic mass is 9.53. The SMILES string of the molecule is CC(C(=O)O)C(=O)C(CC(C)(C)C)(c1cc(C(C)(C)C)c(O)c(C(C)(C)C)c1)C(C)(C)C. The number of hydrogen-bond donors (Lipinski definition) is 2. The molecule has 0 aliphatic carbocycles. The summed E-state index contributed by atoms with van der Waals surface area (Å²) in [6, 6.07) is 3.90. The Kier molecular flexibility index (Phi) is 7.49. The van der Waals surface area contributed by atoms with Gasteiger partial charge in [0.15, 0.2) is 5.78 Å². The van der Waals surface area contributed by atoms with Crippen molar-refractivity contribution in [2.75, 3.05) is 0 Å². The number of carbonyl (C=O) groups excluding carboxylic acids is 1. The predicted octanol–water partition coefficient (Wildman–Crippen LogP) is 7.00. The van der Waals surface area contributed by atoms with Gasteiger partial charge in [-0.25, -0.2) is 0 Å². The molecule has 2 unspecified atom stereocenters. The molecule has 0 radical (unpaired) electrons. The molecule has 0 heterocycles. The molecule has 2 N–H and O–H groups in total. The molecule has 0 saturated carbocycles. The van der Waals surface area contributed by atoms with Gasteiger partial charge in [-0.3, -0.25) is 9.59 Å². The van der Waals surface area contributed by atoms with E-state index in [9.17, 15) is 19.8 Å². The molecule has 1 rings (SSSR count). The summed E-state index contributed by atoms with van der Waals surface area (Å²) in [5.41, 5.74) is -0.191. The number of hydrogen-bond acceptors (Lipinski definition) is 3. The van der Waals surface area contributed by atoms with E-state index in [-0.39, 0.29) is 27.8 Å². The monoisotopic (exact) mass is 446 g/mol. The van der Waals surface area contributed by atoms with Crippen LogP contribution in [-0.2, 0) is 25.8 Å². The summed E-state index contributed by atoms with van der Waals surface area (Å²) in [5, 5.41) is 21.0. The van der Waals surface area contributed by atoms with Crippen LogP contribution in [0.5, 0.6) is 5.75 Å². The first-order chi connectivity index (χ1) is 14.0. The van der Waals surface area contributed by atoms with Crippen LogP contribution in [0.25, 0.3) is 0 Å². The van der Waals surface area contributed by atoms with Crippen LogP contribution >= 0.6 is 0 Å². The van der Waals surface area contributed by atoms with Crippen LogP contribution in [-0.4, -0.2) is 22.0 Å². The first kappa shape index (κ1) is 28.2. The van der Waals surface area contributed by atoms with E-state index in [0.29, 0.717) is 6.42 Å². The van der Waals surface area contributed by atoms with Gasteiger partial charge in [-0.05, 0) is 51.7 Å². The summed E-state index contributed by atoms with van der Waals surface area (Å²) in [6.45, 7) is 26.1. The highest BCUT2D eigenvalue weighted by Crippen LogP contribution is 2.53. The van der Waals surface area contributed by atoms with Crippen LogP contribution in [0.3, 0.4) is 0 Å². The van der Waals surface area contributed by atoms with E-state index in [4.69, 9.17) is 0 Å². The standard InChI is InChI=1S/C28H46O4/c1-17(23(31)32)22(30)28(27(11,12)13,16-24(2,3)4)18-14-19(25(5,6)7)21(29)20(15-18)26(8,9)10/h14-15,17,29H,16H2,1-13H3,(H,31,32). The second-order valence-electron chi connectivity index (χ2n) is 13.7. The number of Topliss-reactive ketones (excluding diaryl/α,β-unsaturated/α-hetero) is 1. The number of carboxylic acid groups (broad SMARTS) is 1. The van der Waals surface area contributed by atoms with Crippen molar-refractivity contribution in [3.05, 3.63) is 28.8 Å². The zero-order valence-corrected chi connectivity index (χ0v) is 22.7. The Balaban J connectivity index is 4.28. The lowest BCUT2D eigenvalue weighted by Crippen LogP contribution is -2.53. The number of benzene rings is 1. The smallest absolute Gasteiger partial charge is 0.313 e. The topological polar surface area (TPSA) is 74.6 Å². The number of carbonyl (C=O) groups is 2. The number of aliphatic carboxylic acids is 1. The highest BCUT2D eigenvalue weighted by atomic mass is 16.4. The minimum atomic E-state index is -1.14. The van der Waals surface area contributed by atoms with Gasteiger partial charge in [-0.2, -0.15) is 0 Å². The minimum absolute atomic E-state index is 0.233. The summed E-state index contributed by atoms with van der Waals surface area (Å²) in [7, 11) is 0. The van der Waals surface area contributed by atoms with Crippen LogP contribution in [0.4, 0.5) is 0 Å². The summed E-state index contributed by atoms with van der Waals surface area (Å²) in [4.78, 5) is 26.1. The average molecular weight is 447 g/mol. The summed E-state index contributed by atoms with van der Waals surface area (Å²) in [5.74, 6) is -2.27. The van der Waals surface area contributed by atoms with Crippen molar-refractivity contribution in [3.8, 4) is 5.75 Å². The summed E-state index contributed by atoms with van der Waals surface area (Å²) >= 11 is 0. The van der Waals surface area contributed by atoms with Crippen molar-refractivity contribution in [1.82, 2.24) is 0 Å². The average Bonchev–Trinajstić information content (AvgIpc) is 2.54. The molecule has 2 atom stereocenters. The van der Waals surface area contributed by atoms with Gasteiger partial charge in [0.1, 0.15) is 11.7 Å². The number of aromatic hydroxyl groups is 1. The van der Waals surface area contributed by atoms with Gasteiger partial charge in [0, 0.05) is 0 Å². The van der Waals surface area contributed by atoms with Crippen LogP contribution in [0.2, 0.25) is 0 Å². The molecule has 0 bridgehead atoms. The van der Waals surface area contributed by atoms with E-state index in [0.717, 1.165) is 16.7 Å². The van der Waals surface area contributed by atoms with Crippen LogP contribution < -0.4 is 0 Å². The molecule has 0 saturated heterocycles. The number of rotatable bonds is 5. The third kappa shape index (κ3) is 5.55. The molecule has 1 aromatic rings. The quantitative estimate of drug-likeness (QED) is 0.478. The van der Waals surface area contributed by atoms with Gasteiger partial charge in [0.05, 0.1) is 5.41 Å². The maximum Gasteiger partial charge on any atom is 0.313 e. The van der Waals surface area contributed by atoms with Crippen LogP contribution in [0.15, 0.2) is 12.1 Å². The summed E-state index contributed by atoms with van der Waals surface area (Å²) in [6.07, 6.45) is 0.498. The number of phenols is 1. The number of carboxylic acids is 1. The third-order valence-corrected chi connectivity index (χ3v) is 6.48. The van der Waals surface area contributed by atoms with E-state index >= 15 is 0 Å². The molecule has 4 nitrogen and oxygen atoms in total. The predicted molar refractivity (Wildman–Crippen MR) is 133 cm³/mol. The van der Waals surface area contributed by atoms with Gasteiger partial charge >= 0.3 is 5.97 Å². The minimum Gasteiger partial charge on any atom is -0.507 e. The molecule has 182 valence electrons. The van der Waals surface area contributed by atoms with Crippen molar-refractivity contribution >= 4 is 11.8 Å². The second kappa shape index (κ2) is 8.50. The van der Waals surface area contributed by atoms with Crippen molar-refractivity contribution in [3.63, 3.8) is 0 Å². The third-order valence-electron chi connectivity index (χ3n) is 6.48. The van der Waals surface area contributed by atoms with Crippen LogP contribution in [0.1, 0.15) is 113 Å². The van der Waals surface area contributed by atoms with Crippen molar-refractivity contribution in [2.45, 2.75) is 113 Å². The lowest BCUT2D eigenvalue weighted by molar-refractivity contribution is -0.149. The fraction of sp³-hybridized carbons (Fsp3) is 0.714. The molecule has 32 heavy (non-hydrogen) atoms. The Bertz CT molecular complexity index is 832. The Labute approximate surface area is 195 Å². The van der Waals surface area contributed by atoms with E-state index in [1.54, 1.807) is 0 Å². The molecular formula is C28H46O4. The molecule has 4 heteroatoms. The second-order valence-corrected chi connectivity index (χ2v) is 13.7. The van der Waals surface area contributed by atoms with Gasteiger partial charge in [-0.15, -0.1) is 0 Å². The summed E-state index contributed by atoms with van der Waals surface area (Å²) < 4.78 is 0. The number of ketones is 1. The molecule has 0 aromatic heterocycles. The highest BCUT2D eigenvalue weighted by molar-refractivity contribution is 6.04. The maximum atomic E-state index is 14.1. The van der Waals surface area contributed by atoms with Crippen LogP contribution in [0, 0.1) is 16.7 Å². The molecular weight excluding hydrogens is 400 g/mol. The lowest BCUT2D eigenvalue weighted by Gasteiger charge is -2.49. The van der Waals surface area contributed by atoms with E-state index in [1.165, 1.54) is 6.92 Å². The first-order valence-corrected chi connectivity index (χ1v) is 11.6. The molecule has 0 spiro atoms. The van der Waals surface area contributed by atoms with E-state index < -0.39 is 22.7 Å². The van der Waals surface area contributed by atoms with Crippen molar-refractivity contribution in [1.29, 1.82) is 0 Å². The first-order valence-electron chi connectivity index (χ1n) is 11.6. The zero-order valence-electron chi connectivity index (χ0n) is 22.7. The van der Waals surface area contributed by atoms with E-state index in [1.807, 2.05) is 74.4 Å². The Morgan fingerprint density at radius 2 is 1.19 bits per heavy atom. The Morgan fingerprint density at radius 1 is 0.812 bits per heavy atom. The van der Waals surface area contributed by atoms with Gasteiger partial charge < -0.3 is 10.2 Å².